The summed E-state index contributed by atoms with van der Waals surface area (Å²) in [6.07, 6.45) is 0. The molecule has 0 fully saturated rings. The fourth-order valence-electron chi connectivity index (χ4n) is 2.54. The van der Waals surface area contributed by atoms with E-state index in [2.05, 4.69) is 15.2 Å². The van der Waals surface area contributed by atoms with E-state index in [4.69, 9.17) is 8.83 Å². The summed E-state index contributed by atoms with van der Waals surface area (Å²) >= 11 is 2.94. The third kappa shape index (κ3) is 3.12. The molecule has 0 saturated carbocycles. The van der Waals surface area contributed by atoms with Gasteiger partial charge in [0.25, 0.3) is 11.1 Å². The summed E-state index contributed by atoms with van der Waals surface area (Å²) in [6, 6.07) is 7.37. The van der Waals surface area contributed by atoms with Gasteiger partial charge < -0.3 is 8.83 Å². The minimum absolute atomic E-state index is 0.358. The van der Waals surface area contributed by atoms with Gasteiger partial charge in [-0.25, -0.2) is 9.78 Å². The highest BCUT2D eigenvalue weighted by Crippen LogP contribution is 2.30. The zero-order valence-electron chi connectivity index (χ0n) is 13.6. The topological polar surface area (TPSA) is 87.0 Å². The van der Waals surface area contributed by atoms with Gasteiger partial charge >= 0.3 is 5.76 Å². The third-order valence-corrected chi connectivity index (χ3v) is 5.48. The molecule has 0 unspecified atom stereocenters. The fraction of sp³-hybridized carbons (Fsp3) is 0.250. The molecule has 7 nitrogen and oxygen atoms in total. The number of thiazole rings is 1. The minimum atomic E-state index is -0.358. The highest BCUT2D eigenvalue weighted by Gasteiger charge is 2.15. The van der Waals surface area contributed by atoms with E-state index in [1.165, 1.54) is 23.1 Å². The predicted molar refractivity (Wildman–Crippen MR) is 96.1 cm³/mol. The summed E-state index contributed by atoms with van der Waals surface area (Å²) in [7, 11) is 0. The number of fused-ring (bicyclic) bond motifs is 1. The Balaban J connectivity index is 1.46. The molecule has 0 aliphatic rings. The van der Waals surface area contributed by atoms with Gasteiger partial charge in [0.15, 0.2) is 5.58 Å². The lowest BCUT2D eigenvalue weighted by atomic mass is 10.3. The fourth-order valence-corrected chi connectivity index (χ4v) is 4.07. The van der Waals surface area contributed by atoms with Crippen molar-refractivity contribution in [2.24, 2.45) is 0 Å². The van der Waals surface area contributed by atoms with Crippen molar-refractivity contribution in [2.45, 2.75) is 25.6 Å². The molecular formula is C16H14N4O3S2. The van der Waals surface area contributed by atoms with Crippen molar-refractivity contribution >= 4 is 34.2 Å². The van der Waals surface area contributed by atoms with Crippen LogP contribution < -0.4 is 5.76 Å². The lowest BCUT2D eigenvalue weighted by Gasteiger charge is -1.99. The molecule has 4 aromatic rings. The molecule has 3 heterocycles. The van der Waals surface area contributed by atoms with Crippen LogP contribution in [0.2, 0.25) is 0 Å². The number of benzene rings is 1. The molecule has 0 radical (unpaired) electrons. The maximum Gasteiger partial charge on any atom is 0.419 e. The van der Waals surface area contributed by atoms with Crippen LogP contribution >= 0.6 is 23.1 Å². The number of para-hydroxylation sites is 2. The van der Waals surface area contributed by atoms with Gasteiger partial charge in [0.1, 0.15) is 4.88 Å². The number of hydrogen-bond acceptors (Lipinski definition) is 8. The summed E-state index contributed by atoms with van der Waals surface area (Å²) in [5, 5.41) is 9.59. The SMILES string of the molecule is Cc1nc(C)c(-c2nnc(SCCn3c(=O)oc4ccccc43)o2)s1. The summed E-state index contributed by atoms with van der Waals surface area (Å²) in [6.45, 7) is 4.36. The van der Waals surface area contributed by atoms with Gasteiger partial charge in [-0.3, -0.25) is 4.57 Å². The zero-order chi connectivity index (χ0) is 17.4. The van der Waals surface area contributed by atoms with Gasteiger partial charge in [-0.05, 0) is 26.0 Å². The molecule has 0 aliphatic heterocycles. The number of hydrogen-bond donors (Lipinski definition) is 0. The van der Waals surface area contributed by atoms with E-state index in [0.29, 0.717) is 29.0 Å². The van der Waals surface area contributed by atoms with Crippen LogP contribution in [0.25, 0.3) is 21.9 Å². The van der Waals surface area contributed by atoms with E-state index in [0.717, 1.165) is 21.1 Å². The number of oxazole rings is 1. The van der Waals surface area contributed by atoms with Crippen LogP contribution in [0.4, 0.5) is 0 Å². The highest BCUT2D eigenvalue weighted by molar-refractivity contribution is 7.99. The quantitative estimate of drug-likeness (QED) is 0.494. The molecule has 3 aromatic heterocycles. The lowest BCUT2D eigenvalue weighted by molar-refractivity contribution is 0.465. The second kappa shape index (κ2) is 6.49. The van der Waals surface area contributed by atoms with Crippen molar-refractivity contribution in [3.63, 3.8) is 0 Å². The summed E-state index contributed by atoms with van der Waals surface area (Å²) in [4.78, 5) is 17.2. The maximum atomic E-state index is 11.9. The van der Waals surface area contributed by atoms with Gasteiger partial charge in [0, 0.05) is 12.3 Å². The third-order valence-electron chi connectivity index (χ3n) is 3.62. The van der Waals surface area contributed by atoms with E-state index in [-0.39, 0.29) is 5.76 Å². The second-order valence-corrected chi connectivity index (χ2v) is 7.61. The van der Waals surface area contributed by atoms with Crippen molar-refractivity contribution < 1.29 is 8.83 Å². The summed E-state index contributed by atoms with van der Waals surface area (Å²) in [5.74, 6) is 0.742. The van der Waals surface area contributed by atoms with Crippen molar-refractivity contribution in [2.75, 3.05) is 5.75 Å². The van der Waals surface area contributed by atoms with Gasteiger partial charge in [0.05, 0.1) is 16.2 Å². The van der Waals surface area contributed by atoms with E-state index in [1.54, 1.807) is 10.6 Å². The smallest absolute Gasteiger partial charge is 0.410 e. The Morgan fingerprint density at radius 2 is 2.04 bits per heavy atom. The largest absolute Gasteiger partial charge is 0.419 e. The molecule has 1 aromatic carbocycles. The Bertz CT molecular complexity index is 1090. The number of aromatic nitrogens is 4. The first-order valence-electron chi connectivity index (χ1n) is 7.61. The highest BCUT2D eigenvalue weighted by atomic mass is 32.2. The van der Waals surface area contributed by atoms with Crippen LogP contribution in [0.3, 0.4) is 0 Å². The van der Waals surface area contributed by atoms with Crippen molar-refractivity contribution in [1.29, 1.82) is 0 Å². The van der Waals surface area contributed by atoms with Crippen LogP contribution in [0.5, 0.6) is 0 Å². The van der Waals surface area contributed by atoms with Gasteiger partial charge in [0.2, 0.25) is 0 Å². The predicted octanol–water partition coefficient (Wildman–Crippen LogP) is 3.51. The Kier molecular flexibility index (Phi) is 4.18. The van der Waals surface area contributed by atoms with Gasteiger partial charge in [-0.1, -0.05) is 23.9 Å². The number of thioether (sulfide) groups is 1. The van der Waals surface area contributed by atoms with Crippen molar-refractivity contribution in [3.05, 3.63) is 45.5 Å². The summed E-state index contributed by atoms with van der Waals surface area (Å²) in [5.41, 5.74) is 2.27. The Morgan fingerprint density at radius 3 is 2.84 bits per heavy atom. The molecule has 4 rings (SSSR count). The maximum absolute atomic E-state index is 11.9. The number of rotatable bonds is 5. The van der Waals surface area contributed by atoms with Crippen LogP contribution in [0.1, 0.15) is 10.7 Å². The van der Waals surface area contributed by atoms with E-state index < -0.39 is 0 Å². The molecule has 0 bridgehead atoms. The van der Waals surface area contributed by atoms with Crippen LogP contribution in [-0.4, -0.2) is 25.5 Å². The lowest BCUT2D eigenvalue weighted by Crippen LogP contribution is -2.15. The first kappa shape index (κ1) is 16.1. The molecule has 0 spiro atoms. The summed E-state index contributed by atoms with van der Waals surface area (Å²) < 4.78 is 12.5. The standard InChI is InChI=1S/C16H14N4O3S2/c1-9-13(25-10(2)17-9)14-18-19-15(23-14)24-8-7-20-11-5-3-4-6-12(11)22-16(20)21/h3-6H,7-8H2,1-2H3. The zero-order valence-corrected chi connectivity index (χ0v) is 15.2. The first-order chi connectivity index (χ1) is 12.1. The molecule has 25 heavy (non-hydrogen) atoms. The Hall–Kier alpha value is -2.39. The minimum Gasteiger partial charge on any atom is -0.410 e. The van der Waals surface area contributed by atoms with E-state index in [1.807, 2.05) is 32.0 Å². The molecule has 0 atom stereocenters. The first-order valence-corrected chi connectivity index (χ1v) is 9.41. The molecule has 0 amide bonds. The monoisotopic (exact) mass is 374 g/mol. The van der Waals surface area contributed by atoms with Gasteiger partial charge in [-0.15, -0.1) is 21.5 Å². The van der Waals surface area contributed by atoms with Crippen LogP contribution in [0, 0.1) is 13.8 Å². The Morgan fingerprint density at radius 1 is 1.20 bits per heavy atom. The molecule has 0 aliphatic carbocycles. The average Bonchev–Trinajstić information content (AvgIpc) is 3.26. The van der Waals surface area contributed by atoms with Crippen LogP contribution in [0.15, 0.2) is 43.1 Å². The molecule has 0 saturated heterocycles. The molecule has 9 heteroatoms. The molecular weight excluding hydrogens is 360 g/mol. The van der Waals surface area contributed by atoms with E-state index in [9.17, 15) is 4.79 Å². The number of aryl methyl sites for hydroxylation is 3. The second-order valence-electron chi connectivity index (χ2n) is 5.36. The van der Waals surface area contributed by atoms with Gasteiger partial charge in [-0.2, -0.15) is 0 Å². The van der Waals surface area contributed by atoms with Crippen molar-refractivity contribution in [3.8, 4) is 10.8 Å². The average molecular weight is 374 g/mol. The van der Waals surface area contributed by atoms with Crippen LogP contribution in [-0.2, 0) is 6.54 Å². The van der Waals surface area contributed by atoms with E-state index >= 15 is 0 Å². The Labute approximate surface area is 150 Å². The molecule has 0 N–H and O–H groups in total. The normalized spacial score (nSPS) is 11.4. The molecule has 128 valence electrons. The van der Waals surface area contributed by atoms with Crippen molar-refractivity contribution in [1.82, 2.24) is 19.7 Å². The number of nitrogens with zero attached hydrogens (tertiary/aromatic N) is 4.